The first-order chi connectivity index (χ1) is 12.5. The number of nitrogens with zero attached hydrogens (tertiary/aromatic N) is 1. The lowest BCUT2D eigenvalue weighted by Gasteiger charge is -2.06. The number of benzene rings is 2. The van der Waals surface area contributed by atoms with E-state index in [4.69, 9.17) is 14.4 Å². The molecule has 1 aromatic heterocycles. The molecule has 0 atom stereocenters. The number of carbonyl (C=O) groups excluding carboxylic acids is 2. The Morgan fingerprint density at radius 3 is 2.69 bits per heavy atom. The maximum Gasteiger partial charge on any atom is 0.310 e. The van der Waals surface area contributed by atoms with Gasteiger partial charge in [0.1, 0.15) is 5.58 Å². The van der Waals surface area contributed by atoms with Crippen LogP contribution in [0.15, 0.2) is 53.1 Å². The number of hydrogen-bond donors (Lipinski definition) is 1. The van der Waals surface area contributed by atoms with E-state index in [2.05, 4.69) is 5.32 Å². The van der Waals surface area contributed by atoms with Crippen molar-refractivity contribution in [2.75, 3.05) is 11.9 Å². The van der Waals surface area contributed by atoms with Crippen molar-refractivity contribution in [2.45, 2.75) is 13.3 Å². The molecule has 0 aliphatic rings. The summed E-state index contributed by atoms with van der Waals surface area (Å²) >= 11 is 0. The summed E-state index contributed by atoms with van der Waals surface area (Å²) in [5.41, 5.74) is 3.53. The SMILES string of the molecule is Cc1ccc2c(CC(=O)OCC(=O)Nc3ccc(C#N)cc3)coc2c1. The molecule has 0 saturated carbocycles. The second-order valence-electron chi connectivity index (χ2n) is 5.84. The monoisotopic (exact) mass is 348 g/mol. The van der Waals surface area contributed by atoms with Crippen molar-refractivity contribution in [3.63, 3.8) is 0 Å². The summed E-state index contributed by atoms with van der Waals surface area (Å²) in [7, 11) is 0. The maximum atomic E-state index is 12.0. The molecule has 0 fully saturated rings. The van der Waals surface area contributed by atoms with E-state index in [1.165, 1.54) is 6.26 Å². The van der Waals surface area contributed by atoms with Gasteiger partial charge in [0.25, 0.3) is 5.91 Å². The van der Waals surface area contributed by atoms with Crippen molar-refractivity contribution in [3.05, 3.63) is 65.4 Å². The van der Waals surface area contributed by atoms with E-state index < -0.39 is 11.9 Å². The highest BCUT2D eigenvalue weighted by Gasteiger charge is 2.13. The van der Waals surface area contributed by atoms with Crippen LogP contribution in [-0.4, -0.2) is 18.5 Å². The van der Waals surface area contributed by atoms with Gasteiger partial charge in [0, 0.05) is 16.6 Å². The highest BCUT2D eigenvalue weighted by atomic mass is 16.5. The molecule has 2 aromatic carbocycles. The van der Waals surface area contributed by atoms with Gasteiger partial charge in [0.15, 0.2) is 6.61 Å². The molecule has 0 radical (unpaired) electrons. The Labute approximate surface area is 150 Å². The fraction of sp³-hybridized carbons (Fsp3) is 0.150. The molecule has 0 aliphatic heterocycles. The lowest BCUT2D eigenvalue weighted by Crippen LogP contribution is -2.21. The Morgan fingerprint density at radius 2 is 1.96 bits per heavy atom. The molecule has 130 valence electrons. The maximum absolute atomic E-state index is 12.0. The highest BCUT2D eigenvalue weighted by molar-refractivity contribution is 5.93. The summed E-state index contributed by atoms with van der Waals surface area (Å²) in [6.45, 7) is 1.58. The van der Waals surface area contributed by atoms with E-state index in [0.717, 1.165) is 16.5 Å². The zero-order valence-electron chi connectivity index (χ0n) is 14.1. The number of amides is 1. The molecule has 0 saturated heterocycles. The van der Waals surface area contributed by atoms with Crippen molar-refractivity contribution in [2.24, 2.45) is 0 Å². The Bertz CT molecular complexity index is 997. The molecule has 0 spiro atoms. The topological polar surface area (TPSA) is 92.3 Å². The number of carbonyl (C=O) groups is 2. The minimum Gasteiger partial charge on any atom is -0.464 e. The first kappa shape index (κ1) is 17.2. The van der Waals surface area contributed by atoms with Gasteiger partial charge in [-0.3, -0.25) is 9.59 Å². The lowest BCUT2D eigenvalue weighted by atomic mass is 10.1. The molecule has 3 aromatic rings. The van der Waals surface area contributed by atoms with Gasteiger partial charge in [-0.15, -0.1) is 0 Å². The summed E-state index contributed by atoms with van der Waals surface area (Å²) in [5, 5.41) is 12.2. The quantitative estimate of drug-likeness (QED) is 0.714. The van der Waals surface area contributed by atoms with E-state index in [-0.39, 0.29) is 13.0 Å². The van der Waals surface area contributed by atoms with Gasteiger partial charge in [-0.25, -0.2) is 0 Å². The summed E-state index contributed by atoms with van der Waals surface area (Å²) in [4.78, 5) is 23.8. The third-order valence-corrected chi connectivity index (χ3v) is 3.81. The van der Waals surface area contributed by atoms with Crippen LogP contribution in [-0.2, 0) is 20.7 Å². The molecule has 1 N–H and O–H groups in total. The van der Waals surface area contributed by atoms with Crippen LogP contribution in [0, 0.1) is 18.3 Å². The number of furan rings is 1. The van der Waals surface area contributed by atoms with Crippen molar-refractivity contribution in [3.8, 4) is 6.07 Å². The van der Waals surface area contributed by atoms with Crippen molar-refractivity contribution in [1.82, 2.24) is 0 Å². The van der Waals surface area contributed by atoms with Crippen LogP contribution in [0.3, 0.4) is 0 Å². The molecule has 3 rings (SSSR count). The third kappa shape index (κ3) is 4.08. The first-order valence-electron chi connectivity index (χ1n) is 7.97. The van der Waals surface area contributed by atoms with E-state index in [1.54, 1.807) is 24.3 Å². The van der Waals surface area contributed by atoms with Crippen LogP contribution >= 0.6 is 0 Å². The normalized spacial score (nSPS) is 10.3. The number of ether oxygens (including phenoxy) is 1. The average Bonchev–Trinajstić information content (AvgIpc) is 3.02. The van der Waals surface area contributed by atoms with Gasteiger partial charge >= 0.3 is 5.97 Å². The van der Waals surface area contributed by atoms with Gasteiger partial charge < -0.3 is 14.5 Å². The summed E-state index contributed by atoms with van der Waals surface area (Å²) in [6.07, 6.45) is 1.56. The predicted molar refractivity (Wildman–Crippen MR) is 95.4 cm³/mol. The number of hydrogen-bond acceptors (Lipinski definition) is 5. The Balaban J connectivity index is 1.53. The highest BCUT2D eigenvalue weighted by Crippen LogP contribution is 2.22. The molecule has 1 amide bonds. The molecule has 6 heteroatoms. The van der Waals surface area contributed by atoms with Crippen LogP contribution in [0.1, 0.15) is 16.7 Å². The zero-order chi connectivity index (χ0) is 18.5. The zero-order valence-corrected chi connectivity index (χ0v) is 14.1. The van der Waals surface area contributed by atoms with E-state index >= 15 is 0 Å². The first-order valence-corrected chi connectivity index (χ1v) is 7.97. The molecular formula is C20H16N2O4. The Hall–Kier alpha value is -3.59. The van der Waals surface area contributed by atoms with Gasteiger partial charge in [-0.2, -0.15) is 5.26 Å². The van der Waals surface area contributed by atoms with Crippen molar-refractivity contribution < 1.29 is 18.7 Å². The molecule has 26 heavy (non-hydrogen) atoms. The number of esters is 1. The fourth-order valence-electron chi connectivity index (χ4n) is 2.51. The predicted octanol–water partition coefficient (Wildman–Crippen LogP) is 3.34. The van der Waals surface area contributed by atoms with Crippen molar-refractivity contribution >= 4 is 28.5 Å². The van der Waals surface area contributed by atoms with Crippen LogP contribution in [0.4, 0.5) is 5.69 Å². The minimum absolute atomic E-state index is 0.0280. The summed E-state index contributed by atoms with van der Waals surface area (Å²) in [5.74, 6) is -0.959. The molecule has 0 bridgehead atoms. The minimum atomic E-state index is -0.511. The molecule has 0 unspecified atom stereocenters. The molecule has 0 aliphatic carbocycles. The summed E-state index contributed by atoms with van der Waals surface area (Å²) in [6, 6.07) is 14.1. The fourth-order valence-corrected chi connectivity index (χ4v) is 2.51. The van der Waals surface area contributed by atoms with E-state index in [1.807, 2.05) is 31.2 Å². The molecule has 1 heterocycles. The molecule has 6 nitrogen and oxygen atoms in total. The Morgan fingerprint density at radius 1 is 1.19 bits per heavy atom. The van der Waals surface area contributed by atoms with E-state index in [0.29, 0.717) is 16.8 Å². The van der Waals surface area contributed by atoms with Crippen molar-refractivity contribution in [1.29, 1.82) is 5.26 Å². The van der Waals surface area contributed by atoms with Gasteiger partial charge in [0.2, 0.25) is 0 Å². The standard InChI is InChI=1S/C20H16N2O4/c1-13-2-7-17-15(11-25-18(17)8-13)9-20(24)26-12-19(23)22-16-5-3-14(10-21)4-6-16/h2-8,11H,9,12H2,1H3,(H,22,23). The Kier molecular flexibility index (Phi) is 4.99. The number of aryl methyl sites for hydroxylation is 1. The number of nitrogens with one attached hydrogen (secondary N) is 1. The number of rotatable bonds is 5. The number of anilines is 1. The third-order valence-electron chi connectivity index (χ3n) is 3.81. The van der Waals surface area contributed by atoms with Crippen LogP contribution in [0.25, 0.3) is 11.0 Å². The summed E-state index contributed by atoms with van der Waals surface area (Å²) < 4.78 is 10.5. The second-order valence-corrected chi connectivity index (χ2v) is 5.84. The number of fused-ring (bicyclic) bond motifs is 1. The smallest absolute Gasteiger partial charge is 0.310 e. The van der Waals surface area contributed by atoms with Crippen LogP contribution < -0.4 is 5.32 Å². The molecular weight excluding hydrogens is 332 g/mol. The van der Waals surface area contributed by atoms with Crippen LogP contribution in [0.5, 0.6) is 0 Å². The van der Waals surface area contributed by atoms with Gasteiger partial charge in [-0.1, -0.05) is 12.1 Å². The van der Waals surface area contributed by atoms with Gasteiger partial charge in [-0.05, 0) is 42.8 Å². The largest absolute Gasteiger partial charge is 0.464 e. The van der Waals surface area contributed by atoms with Gasteiger partial charge in [0.05, 0.1) is 24.3 Å². The van der Waals surface area contributed by atoms with Crippen LogP contribution in [0.2, 0.25) is 0 Å². The average molecular weight is 348 g/mol. The lowest BCUT2D eigenvalue weighted by molar-refractivity contribution is -0.146. The number of nitriles is 1. The second kappa shape index (κ2) is 7.53. The van der Waals surface area contributed by atoms with E-state index in [9.17, 15) is 9.59 Å².